The molecule has 8 heavy (non-hydrogen) atoms. The van der Waals surface area contributed by atoms with E-state index >= 15 is 0 Å². The highest BCUT2D eigenvalue weighted by molar-refractivity contribution is 6.31. The Morgan fingerprint density at radius 3 is 2.25 bits per heavy atom. The van der Waals surface area contributed by atoms with Crippen molar-refractivity contribution in [2.45, 2.75) is 0 Å². The van der Waals surface area contributed by atoms with Crippen molar-refractivity contribution in [2.75, 3.05) is 0 Å². The van der Waals surface area contributed by atoms with E-state index < -0.39 is 0 Å². The third kappa shape index (κ3) is 0.958. The number of hydrogen-bond acceptors (Lipinski definition) is 0. The Morgan fingerprint density at radius 1 is 1.25 bits per heavy atom. The van der Waals surface area contributed by atoms with Gasteiger partial charge in [0.15, 0.2) is 5.02 Å². The van der Waals surface area contributed by atoms with Crippen LogP contribution in [0, 0.1) is 6.92 Å². The van der Waals surface area contributed by atoms with E-state index in [9.17, 15) is 0 Å². The summed E-state index contributed by atoms with van der Waals surface area (Å²) in [7, 11) is 0. The third-order valence-electron chi connectivity index (χ3n) is 0.958. The summed E-state index contributed by atoms with van der Waals surface area (Å²) in [6, 6.07) is 7.50. The molecule has 0 saturated carbocycles. The van der Waals surface area contributed by atoms with Gasteiger partial charge in [-0.2, -0.15) is 0 Å². The van der Waals surface area contributed by atoms with Gasteiger partial charge in [-0.05, 0) is 12.1 Å². The Morgan fingerprint density at radius 2 is 1.88 bits per heavy atom. The van der Waals surface area contributed by atoms with Crippen LogP contribution in [0.4, 0.5) is 0 Å². The molecule has 40 valence electrons. The van der Waals surface area contributed by atoms with Crippen LogP contribution in [0.3, 0.4) is 0 Å². The lowest BCUT2D eigenvalue weighted by Crippen LogP contribution is -1.68. The average molecular weight is 126 g/mol. The van der Waals surface area contributed by atoms with Gasteiger partial charge in [-0.3, -0.25) is 0 Å². The van der Waals surface area contributed by atoms with Gasteiger partial charge in [0.25, 0.3) is 0 Å². The molecule has 1 aromatic rings. The minimum atomic E-state index is 0.729. The Labute approximate surface area is 54.1 Å². The first-order valence-corrected chi connectivity index (χ1v) is 2.75. The molecule has 0 radical (unpaired) electrons. The summed E-state index contributed by atoms with van der Waals surface area (Å²) in [5.41, 5.74) is 0.883. The SMILES string of the molecule is [CH2+]c1ccccc1Cl. The number of benzene rings is 1. The van der Waals surface area contributed by atoms with E-state index in [1.165, 1.54) is 0 Å². The van der Waals surface area contributed by atoms with Crippen LogP contribution >= 0.6 is 11.6 Å². The van der Waals surface area contributed by atoms with Gasteiger partial charge in [0.2, 0.25) is 0 Å². The fraction of sp³-hybridized carbons (Fsp3) is 0. The summed E-state index contributed by atoms with van der Waals surface area (Å²) in [5, 5.41) is 0.729. The van der Waals surface area contributed by atoms with Gasteiger partial charge in [-0.25, -0.2) is 0 Å². The maximum absolute atomic E-state index is 5.65. The van der Waals surface area contributed by atoms with Crippen molar-refractivity contribution in [3.63, 3.8) is 0 Å². The molecule has 0 spiro atoms. The molecule has 0 nitrogen and oxygen atoms in total. The van der Waals surface area contributed by atoms with Gasteiger partial charge in [-0.15, -0.1) is 0 Å². The predicted molar refractivity (Wildman–Crippen MR) is 35.9 cm³/mol. The van der Waals surface area contributed by atoms with Crippen LogP contribution in [0.2, 0.25) is 5.02 Å². The lowest BCUT2D eigenvalue weighted by Gasteiger charge is -1.80. The molecule has 0 amide bonds. The smallest absolute Gasteiger partial charge is 0.0340 e. The van der Waals surface area contributed by atoms with Crippen molar-refractivity contribution in [1.82, 2.24) is 0 Å². The first-order valence-electron chi connectivity index (χ1n) is 2.37. The highest BCUT2D eigenvalue weighted by atomic mass is 35.5. The first-order chi connectivity index (χ1) is 3.80. The van der Waals surface area contributed by atoms with E-state index in [0.29, 0.717) is 0 Å². The number of halogens is 1. The van der Waals surface area contributed by atoms with Gasteiger partial charge in [0.05, 0.1) is 0 Å². The molecule has 0 bridgehead atoms. The third-order valence-corrected chi connectivity index (χ3v) is 1.33. The minimum Gasteiger partial charge on any atom is -0.0340 e. The highest BCUT2D eigenvalue weighted by Gasteiger charge is 1.97. The Kier molecular flexibility index (Phi) is 1.45. The van der Waals surface area contributed by atoms with Crippen molar-refractivity contribution >= 4 is 11.6 Å². The van der Waals surface area contributed by atoms with Crippen LogP contribution in [0.1, 0.15) is 5.56 Å². The van der Waals surface area contributed by atoms with Crippen LogP contribution in [0.25, 0.3) is 0 Å². The zero-order valence-electron chi connectivity index (χ0n) is 4.39. The summed E-state index contributed by atoms with van der Waals surface area (Å²) in [6.45, 7) is 3.69. The molecule has 0 aromatic heterocycles. The maximum atomic E-state index is 5.65. The van der Waals surface area contributed by atoms with Crippen molar-refractivity contribution in [3.8, 4) is 0 Å². The van der Waals surface area contributed by atoms with Gasteiger partial charge < -0.3 is 0 Å². The molecule has 1 rings (SSSR count). The molecular weight excluding hydrogens is 120 g/mol. The molecule has 0 unspecified atom stereocenters. The van der Waals surface area contributed by atoms with Gasteiger partial charge in [0.1, 0.15) is 5.56 Å². The molecule has 0 aliphatic heterocycles. The molecule has 0 heterocycles. The fourth-order valence-corrected chi connectivity index (χ4v) is 0.634. The second kappa shape index (κ2) is 2.10. The highest BCUT2D eigenvalue weighted by Crippen LogP contribution is 2.11. The van der Waals surface area contributed by atoms with Crippen LogP contribution in [-0.2, 0) is 0 Å². The molecule has 0 aliphatic carbocycles. The minimum absolute atomic E-state index is 0.729. The van der Waals surface area contributed by atoms with E-state index in [0.717, 1.165) is 10.6 Å². The van der Waals surface area contributed by atoms with Crippen LogP contribution in [0.5, 0.6) is 0 Å². The monoisotopic (exact) mass is 125 g/mol. The zero-order chi connectivity index (χ0) is 5.98. The van der Waals surface area contributed by atoms with E-state index in [1.54, 1.807) is 0 Å². The second-order valence-corrected chi connectivity index (χ2v) is 2.00. The van der Waals surface area contributed by atoms with E-state index in [4.69, 9.17) is 11.6 Å². The van der Waals surface area contributed by atoms with Crippen LogP contribution in [-0.4, -0.2) is 0 Å². The Bertz CT molecular complexity index is 160. The van der Waals surface area contributed by atoms with Crippen molar-refractivity contribution in [3.05, 3.63) is 41.8 Å². The van der Waals surface area contributed by atoms with Crippen molar-refractivity contribution in [2.24, 2.45) is 0 Å². The molecular formula is C7H6Cl+. The summed E-state index contributed by atoms with van der Waals surface area (Å²) in [6.07, 6.45) is 0. The van der Waals surface area contributed by atoms with Gasteiger partial charge >= 0.3 is 0 Å². The Hall–Kier alpha value is -0.620. The summed E-state index contributed by atoms with van der Waals surface area (Å²) < 4.78 is 0. The second-order valence-electron chi connectivity index (χ2n) is 1.59. The number of hydrogen-bond donors (Lipinski definition) is 0. The maximum Gasteiger partial charge on any atom is 0.153 e. The van der Waals surface area contributed by atoms with Gasteiger partial charge in [-0.1, -0.05) is 0 Å². The molecule has 1 heteroatoms. The quantitative estimate of drug-likeness (QED) is 0.468. The molecule has 0 N–H and O–H groups in total. The lowest BCUT2D eigenvalue weighted by molar-refractivity contribution is 1.61. The van der Waals surface area contributed by atoms with Crippen LogP contribution in [0.15, 0.2) is 24.3 Å². The van der Waals surface area contributed by atoms with Crippen molar-refractivity contribution in [1.29, 1.82) is 0 Å². The fourth-order valence-electron chi connectivity index (χ4n) is 0.498. The van der Waals surface area contributed by atoms with E-state index in [-0.39, 0.29) is 0 Å². The summed E-state index contributed by atoms with van der Waals surface area (Å²) in [4.78, 5) is 0. The molecule has 1 aromatic carbocycles. The molecule has 0 fully saturated rings. The standard InChI is InChI=1S/C7H6Cl/c1-6-4-2-3-5-7(6)8/h2-5H,1H2/q+1. The molecule has 0 aliphatic rings. The summed E-state index contributed by atoms with van der Waals surface area (Å²) >= 11 is 5.65. The van der Waals surface area contributed by atoms with Crippen molar-refractivity contribution < 1.29 is 0 Å². The Balaban J connectivity index is 3.13. The number of rotatable bonds is 0. The van der Waals surface area contributed by atoms with E-state index in [2.05, 4.69) is 6.92 Å². The average Bonchev–Trinajstić information content (AvgIpc) is 1.77. The predicted octanol–water partition coefficient (Wildman–Crippen LogP) is 2.52. The van der Waals surface area contributed by atoms with Gasteiger partial charge in [0, 0.05) is 30.7 Å². The first kappa shape index (κ1) is 5.52. The lowest BCUT2D eigenvalue weighted by atomic mass is 10.2. The van der Waals surface area contributed by atoms with Crippen LogP contribution < -0.4 is 0 Å². The topological polar surface area (TPSA) is 0 Å². The zero-order valence-corrected chi connectivity index (χ0v) is 5.15. The molecule has 0 atom stereocenters. The largest absolute Gasteiger partial charge is 0.153 e. The normalized spacial score (nSPS) is 9.12. The summed E-state index contributed by atoms with van der Waals surface area (Å²) in [5.74, 6) is 0. The molecule has 0 saturated heterocycles. The van der Waals surface area contributed by atoms with E-state index in [1.807, 2.05) is 24.3 Å².